The van der Waals surface area contributed by atoms with Crippen LogP contribution in [0.3, 0.4) is 0 Å². The number of piperidine rings is 1. The molecular weight excluding hydrogens is 564 g/mol. The van der Waals surface area contributed by atoms with E-state index in [0.717, 1.165) is 48.4 Å². The zero-order valence-electron chi connectivity index (χ0n) is 25.5. The lowest BCUT2D eigenvalue weighted by atomic mass is 9.97. The molecule has 4 rings (SSSR count). The SMILES string of the molecule is CCc1cccc(CN(C[C@@H](O)[C@@H](N)Cc2cc(F)cc(F)c2)C(=O)c2cc(C)cc(C(=O)N3CCCCC3CCO)c2)c1. The molecule has 3 aromatic rings. The Balaban J connectivity index is 1.60. The molecular formula is C35H43F2N3O4. The standard InChI is InChI=1S/C35H43F2N3O4/c1-3-24-7-6-8-25(15-24)21-39(22-33(42)32(38)18-26-16-29(36)20-30(37)17-26)34(43)27-13-23(2)14-28(19-27)35(44)40-11-5-4-9-31(40)10-12-41/h6-8,13-17,19-20,31-33,41-42H,3-5,9-12,18,21-22,38H2,1-2H3/t31?,32-,33+/m0/s1. The van der Waals surface area contributed by atoms with Crippen LogP contribution >= 0.6 is 0 Å². The van der Waals surface area contributed by atoms with Crippen molar-refractivity contribution in [1.82, 2.24) is 9.80 Å². The second kappa shape index (κ2) is 15.4. The molecule has 4 N–H and O–H groups in total. The summed E-state index contributed by atoms with van der Waals surface area (Å²) < 4.78 is 27.5. The van der Waals surface area contributed by atoms with E-state index in [9.17, 15) is 28.6 Å². The quantitative estimate of drug-likeness (QED) is 0.275. The molecule has 3 aromatic carbocycles. The average molecular weight is 608 g/mol. The first-order valence-corrected chi connectivity index (χ1v) is 15.4. The summed E-state index contributed by atoms with van der Waals surface area (Å²) in [6.45, 7) is 4.52. The number of aliphatic hydroxyl groups is 2. The Morgan fingerprint density at radius 3 is 2.41 bits per heavy atom. The van der Waals surface area contributed by atoms with E-state index in [1.165, 1.54) is 17.0 Å². The minimum Gasteiger partial charge on any atom is -0.396 e. The Morgan fingerprint density at radius 2 is 1.70 bits per heavy atom. The minimum atomic E-state index is -1.20. The van der Waals surface area contributed by atoms with E-state index < -0.39 is 23.8 Å². The van der Waals surface area contributed by atoms with E-state index >= 15 is 0 Å². The predicted octanol–water partition coefficient (Wildman–Crippen LogP) is 4.79. The molecule has 44 heavy (non-hydrogen) atoms. The van der Waals surface area contributed by atoms with E-state index in [1.54, 1.807) is 23.1 Å². The summed E-state index contributed by atoms with van der Waals surface area (Å²) in [4.78, 5) is 31.0. The van der Waals surface area contributed by atoms with Crippen LogP contribution in [0.15, 0.2) is 60.7 Å². The van der Waals surface area contributed by atoms with Crippen LogP contribution in [-0.4, -0.2) is 69.7 Å². The van der Waals surface area contributed by atoms with Gasteiger partial charge in [-0.3, -0.25) is 9.59 Å². The van der Waals surface area contributed by atoms with E-state index in [4.69, 9.17) is 5.73 Å². The molecule has 1 aliphatic rings. The molecule has 0 saturated carbocycles. The number of likely N-dealkylation sites (tertiary alicyclic amines) is 1. The zero-order valence-corrected chi connectivity index (χ0v) is 25.5. The minimum absolute atomic E-state index is 0.00118. The largest absolute Gasteiger partial charge is 0.396 e. The van der Waals surface area contributed by atoms with E-state index in [-0.39, 0.29) is 44.0 Å². The second-order valence-electron chi connectivity index (χ2n) is 11.8. The first-order valence-electron chi connectivity index (χ1n) is 15.4. The molecule has 0 radical (unpaired) electrons. The number of aliphatic hydroxyl groups excluding tert-OH is 2. The maximum absolute atomic E-state index is 14.1. The van der Waals surface area contributed by atoms with Crippen molar-refractivity contribution in [3.05, 3.63) is 106 Å². The normalized spacial score (nSPS) is 16.4. The maximum atomic E-state index is 14.1. The third kappa shape index (κ3) is 8.71. The van der Waals surface area contributed by atoms with Gasteiger partial charge >= 0.3 is 0 Å². The highest BCUT2D eigenvalue weighted by Crippen LogP contribution is 2.24. The molecule has 0 aromatic heterocycles. The van der Waals surface area contributed by atoms with Gasteiger partial charge in [0.05, 0.1) is 6.10 Å². The fraction of sp³-hybridized carbons (Fsp3) is 0.429. The third-order valence-electron chi connectivity index (χ3n) is 8.28. The molecule has 1 saturated heterocycles. The van der Waals surface area contributed by atoms with Gasteiger partial charge in [0.15, 0.2) is 0 Å². The molecule has 7 nitrogen and oxygen atoms in total. The number of hydrogen-bond acceptors (Lipinski definition) is 5. The number of halogens is 2. The van der Waals surface area contributed by atoms with Crippen LogP contribution in [0.2, 0.25) is 0 Å². The summed E-state index contributed by atoms with van der Waals surface area (Å²) >= 11 is 0. The summed E-state index contributed by atoms with van der Waals surface area (Å²) in [7, 11) is 0. The van der Waals surface area contributed by atoms with Crippen molar-refractivity contribution in [2.45, 2.75) is 77.1 Å². The summed E-state index contributed by atoms with van der Waals surface area (Å²) in [6, 6.07) is 15.1. The first-order chi connectivity index (χ1) is 21.1. The number of hydrogen-bond donors (Lipinski definition) is 3. The molecule has 0 spiro atoms. The van der Waals surface area contributed by atoms with Crippen molar-refractivity contribution in [3.63, 3.8) is 0 Å². The number of carbonyl (C=O) groups excluding carboxylic acids is 2. The fourth-order valence-electron chi connectivity index (χ4n) is 5.98. The monoisotopic (exact) mass is 607 g/mol. The van der Waals surface area contributed by atoms with Crippen LogP contribution in [-0.2, 0) is 19.4 Å². The smallest absolute Gasteiger partial charge is 0.254 e. The fourth-order valence-corrected chi connectivity index (χ4v) is 5.98. The number of amides is 2. The molecule has 9 heteroatoms. The summed E-state index contributed by atoms with van der Waals surface area (Å²) in [6.07, 6.45) is 2.85. The Labute approximate surface area is 258 Å². The van der Waals surface area contributed by atoms with Gasteiger partial charge in [-0.25, -0.2) is 8.78 Å². The number of aryl methyl sites for hydroxylation is 2. The van der Waals surface area contributed by atoms with Gasteiger partial charge in [0, 0.05) is 55.5 Å². The van der Waals surface area contributed by atoms with Crippen molar-refractivity contribution >= 4 is 11.8 Å². The molecule has 0 bridgehead atoms. The van der Waals surface area contributed by atoms with Crippen molar-refractivity contribution < 1.29 is 28.6 Å². The number of nitrogens with two attached hydrogens (primary N) is 1. The Morgan fingerprint density at radius 1 is 1.00 bits per heavy atom. The Kier molecular flexibility index (Phi) is 11.6. The van der Waals surface area contributed by atoms with Gasteiger partial charge in [0.25, 0.3) is 11.8 Å². The van der Waals surface area contributed by atoms with E-state index in [0.29, 0.717) is 29.7 Å². The second-order valence-corrected chi connectivity index (χ2v) is 11.8. The highest BCUT2D eigenvalue weighted by Gasteiger charge is 2.29. The van der Waals surface area contributed by atoms with Crippen molar-refractivity contribution in [2.24, 2.45) is 5.73 Å². The van der Waals surface area contributed by atoms with Gasteiger partial charge in [-0.1, -0.05) is 31.2 Å². The van der Waals surface area contributed by atoms with Crippen molar-refractivity contribution in [3.8, 4) is 0 Å². The van der Waals surface area contributed by atoms with E-state index in [2.05, 4.69) is 0 Å². The lowest BCUT2D eigenvalue weighted by Gasteiger charge is -2.36. The van der Waals surface area contributed by atoms with Crippen LogP contribution < -0.4 is 5.73 Å². The topological polar surface area (TPSA) is 107 Å². The van der Waals surface area contributed by atoms with Crippen LogP contribution in [0, 0.1) is 18.6 Å². The molecule has 1 unspecified atom stereocenters. The molecule has 1 fully saturated rings. The van der Waals surface area contributed by atoms with Gasteiger partial charge in [-0.15, -0.1) is 0 Å². The molecule has 0 aliphatic carbocycles. The lowest BCUT2D eigenvalue weighted by Crippen LogP contribution is -2.46. The summed E-state index contributed by atoms with van der Waals surface area (Å²) in [5, 5.41) is 20.7. The predicted molar refractivity (Wildman–Crippen MR) is 166 cm³/mol. The number of nitrogens with zero attached hydrogens (tertiary/aromatic N) is 2. The third-order valence-corrected chi connectivity index (χ3v) is 8.28. The summed E-state index contributed by atoms with van der Waals surface area (Å²) in [5.74, 6) is -2.01. The molecule has 236 valence electrons. The molecule has 3 atom stereocenters. The maximum Gasteiger partial charge on any atom is 0.254 e. The number of carbonyl (C=O) groups is 2. The summed E-state index contributed by atoms with van der Waals surface area (Å²) in [5.41, 5.74) is 10.0. The number of rotatable bonds is 12. The molecule has 1 heterocycles. The van der Waals surface area contributed by atoms with Crippen LogP contribution in [0.5, 0.6) is 0 Å². The highest BCUT2D eigenvalue weighted by atomic mass is 19.1. The van der Waals surface area contributed by atoms with Gasteiger partial charge < -0.3 is 25.7 Å². The lowest BCUT2D eigenvalue weighted by molar-refractivity contribution is 0.0553. The van der Waals surface area contributed by atoms with Gasteiger partial charge in [-0.2, -0.15) is 0 Å². The highest BCUT2D eigenvalue weighted by molar-refractivity contribution is 6.00. The van der Waals surface area contributed by atoms with Gasteiger partial charge in [0.2, 0.25) is 0 Å². The van der Waals surface area contributed by atoms with Crippen LogP contribution in [0.4, 0.5) is 8.78 Å². The number of benzene rings is 3. The van der Waals surface area contributed by atoms with Crippen LogP contribution in [0.1, 0.15) is 75.6 Å². The Hall–Kier alpha value is -3.66. The van der Waals surface area contributed by atoms with Crippen molar-refractivity contribution in [1.29, 1.82) is 0 Å². The van der Waals surface area contributed by atoms with Crippen LogP contribution in [0.25, 0.3) is 0 Å². The van der Waals surface area contributed by atoms with E-state index in [1.807, 2.05) is 38.1 Å². The van der Waals surface area contributed by atoms with Gasteiger partial charge in [0.1, 0.15) is 11.6 Å². The first kappa shape index (κ1) is 33.2. The Bertz CT molecular complexity index is 1430. The van der Waals surface area contributed by atoms with Gasteiger partial charge in [-0.05, 0) is 98.0 Å². The molecule has 2 amide bonds. The van der Waals surface area contributed by atoms with Crippen molar-refractivity contribution in [2.75, 3.05) is 19.7 Å². The average Bonchev–Trinajstić information content (AvgIpc) is 2.99. The zero-order chi connectivity index (χ0) is 31.8. The molecule has 1 aliphatic heterocycles.